The largest absolute Gasteiger partial charge is 0.306 e. The molecule has 84 valence electrons. The first kappa shape index (κ1) is 11.2. The maximum Gasteiger partial charge on any atom is 0.152 e. The van der Waals surface area contributed by atoms with Crippen LogP contribution >= 0.6 is 0 Å². The van der Waals surface area contributed by atoms with Gasteiger partial charge in [-0.25, -0.2) is 4.21 Å². The van der Waals surface area contributed by atoms with Crippen LogP contribution in [-0.4, -0.2) is 24.5 Å². The maximum atomic E-state index is 10.5. The molecule has 0 radical (unpaired) electrons. The normalized spacial score (nSPS) is 12.8. The highest BCUT2D eigenvalue weighted by Crippen LogP contribution is 2.16. The van der Waals surface area contributed by atoms with Crippen LogP contribution in [0.5, 0.6) is 0 Å². The monoisotopic (exact) mass is 236 g/mol. The predicted octanol–water partition coefficient (Wildman–Crippen LogP) is 1.78. The molecule has 4 nitrogen and oxygen atoms in total. The third-order valence-corrected chi connectivity index (χ3v) is 3.01. The molecule has 0 fully saturated rings. The van der Waals surface area contributed by atoms with Gasteiger partial charge in [-0.1, -0.05) is 6.07 Å². The summed E-state index contributed by atoms with van der Waals surface area (Å²) < 4.78 is 19.2. The van der Waals surface area contributed by atoms with Gasteiger partial charge in [0, 0.05) is 23.5 Å². The second-order valence-corrected chi connectivity index (χ2v) is 4.55. The van der Waals surface area contributed by atoms with Gasteiger partial charge in [-0.2, -0.15) is 0 Å². The van der Waals surface area contributed by atoms with E-state index in [9.17, 15) is 4.21 Å². The third-order valence-electron chi connectivity index (χ3n) is 2.38. The minimum Gasteiger partial charge on any atom is -0.306 e. The van der Waals surface area contributed by atoms with Crippen molar-refractivity contribution in [3.63, 3.8) is 0 Å². The molecule has 1 unspecified atom stereocenters. The lowest BCUT2D eigenvalue weighted by Crippen LogP contribution is -1.98. The van der Waals surface area contributed by atoms with Crippen LogP contribution in [0.2, 0.25) is 0 Å². The van der Waals surface area contributed by atoms with E-state index in [1.807, 2.05) is 12.1 Å². The predicted molar refractivity (Wildman–Crippen MR) is 63.5 cm³/mol. The van der Waals surface area contributed by atoms with E-state index in [4.69, 9.17) is 4.55 Å². The van der Waals surface area contributed by atoms with Crippen molar-refractivity contribution in [2.24, 2.45) is 0 Å². The average Bonchev–Trinajstić information content (AvgIpc) is 2.29. The summed E-state index contributed by atoms with van der Waals surface area (Å²) >= 11 is -1.71. The van der Waals surface area contributed by atoms with E-state index in [0.29, 0.717) is 12.2 Å². The Kier molecular flexibility index (Phi) is 3.58. The van der Waals surface area contributed by atoms with Gasteiger partial charge in [-0.15, -0.1) is 0 Å². The third kappa shape index (κ3) is 2.62. The van der Waals surface area contributed by atoms with Gasteiger partial charge in [-0.05, 0) is 24.5 Å². The van der Waals surface area contributed by atoms with Gasteiger partial charge in [0.15, 0.2) is 11.1 Å². The van der Waals surface area contributed by atoms with Crippen molar-refractivity contribution in [1.82, 2.24) is 9.97 Å². The summed E-state index contributed by atoms with van der Waals surface area (Å²) in [6, 6.07) is 3.88. The average molecular weight is 236 g/mol. The van der Waals surface area contributed by atoms with E-state index in [1.165, 1.54) is 0 Å². The number of nitrogens with zero attached hydrogens (tertiary/aromatic N) is 2. The highest BCUT2D eigenvalue weighted by molar-refractivity contribution is 7.79. The van der Waals surface area contributed by atoms with Crippen LogP contribution in [0, 0.1) is 0 Å². The lowest BCUT2D eigenvalue weighted by molar-refractivity contribution is 0.561. The summed E-state index contributed by atoms with van der Waals surface area (Å²) in [5, 5.41) is 1.07. The summed E-state index contributed by atoms with van der Waals surface area (Å²) in [4.78, 5) is 8.32. The van der Waals surface area contributed by atoms with Crippen molar-refractivity contribution in [3.8, 4) is 0 Å². The summed E-state index contributed by atoms with van der Waals surface area (Å²) in [5.74, 6) is 0.302. The summed E-state index contributed by atoms with van der Waals surface area (Å²) in [5.41, 5.74) is 1.95. The summed E-state index contributed by atoms with van der Waals surface area (Å²) in [6.45, 7) is 0. The lowest BCUT2D eigenvalue weighted by Gasteiger charge is -2.03. The second-order valence-electron chi connectivity index (χ2n) is 3.50. The number of aryl methyl sites for hydroxylation is 1. The molecule has 0 aromatic carbocycles. The maximum absolute atomic E-state index is 10.5. The second kappa shape index (κ2) is 5.14. The molecule has 0 spiro atoms. The molecule has 0 amide bonds. The van der Waals surface area contributed by atoms with E-state index in [1.54, 1.807) is 18.6 Å². The molecule has 2 rings (SSSR count). The fourth-order valence-electron chi connectivity index (χ4n) is 1.64. The molecule has 0 saturated heterocycles. The molecule has 2 aromatic rings. The molecular formula is C11H12N2O2S. The van der Waals surface area contributed by atoms with Gasteiger partial charge >= 0.3 is 0 Å². The Morgan fingerprint density at radius 3 is 3.06 bits per heavy atom. The fourth-order valence-corrected chi connectivity index (χ4v) is 2.04. The Morgan fingerprint density at radius 1 is 1.38 bits per heavy atom. The van der Waals surface area contributed by atoms with Crippen LogP contribution in [0.15, 0.2) is 30.7 Å². The number of fused-ring (bicyclic) bond motifs is 1. The van der Waals surface area contributed by atoms with Crippen LogP contribution in [0.1, 0.15) is 12.0 Å². The summed E-state index contributed by atoms with van der Waals surface area (Å²) in [7, 11) is 0. The van der Waals surface area contributed by atoms with Crippen molar-refractivity contribution in [1.29, 1.82) is 0 Å². The Balaban J connectivity index is 2.20. The van der Waals surface area contributed by atoms with Gasteiger partial charge in [0.1, 0.15) is 0 Å². The standard InChI is InChI=1S/C11H12N2O2S/c14-16(15)6-2-3-9-7-12-8-11-10(9)4-1-5-13-11/h1,4-5,7-8H,2-3,6H2,(H,14,15). The van der Waals surface area contributed by atoms with Crippen LogP contribution in [0.4, 0.5) is 0 Å². The smallest absolute Gasteiger partial charge is 0.152 e. The molecular weight excluding hydrogens is 224 g/mol. The molecule has 1 atom stereocenters. The quantitative estimate of drug-likeness (QED) is 0.822. The van der Waals surface area contributed by atoms with Gasteiger partial charge in [-0.3, -0.25) is 9.97 Å². The molecule has 2 aromatic heterocycles. The van der Waals surface area contributed by atoms with E-state index in [-0.39, 0.29) is 0 Å². The van der Waals surface area contributed by atoms with Crippen molar-refractivity contribution in [2.45, 2.75) is 12.8 Å². The minimum atomic E-state index is -1.71. The molecule has 0 saturated carbocycles. The molecule has 0 aliphatic rings. The first-order valence-electron chi connectivity index (χ1n) is 5.02. The van der Waals surface area contributed by atoms with E-state index in [2.05, 4.69) is 9.97 Å². The molecule has 2 heterocycles. The van der Waals surface area contributed by atoms with Crippen molar-refractivity contribution < 1.29 is 8.76 Å². The summed E-state index contributed by atoms with van der Waals surface area (Å²) in [6.07, 6.45) is 6.69. The van der Waals surface area contributed by atoms with Crippen LogP contribution in [-0.2, 0) is 17.5 Å². The van der Waals surface area contributed by atoms with Crippen LogP contribution in [0.3, 0.4) is 0 Å². The highest BCUT2D eigenvalue weighted by Gasteiger charge is 2.02. The Hall–Kier alpha value is -1.33. The zero-order valence-electron chi connectivity index (χ0n) is 8.67. The van der Waals surface area contributed by atoms with E-state index in [0.717, 1.165) is 22.9 Å². The number of pyridine rings is 2. The van der Waals surface area contributed by atoms with Crippen molar-refractivity contribution in [2.75, 3.05) is 5.75 Å². The molecule has 0 aliphatic carbocycles. The number of rotatable bonds is 4. The Bertz CT molecular complexity index is 511. The fraction of sp³-hybridized carbons (Fsp3) is 0.273. The first-order valence-corrected chi connectivity index (χ1v) is 6.30. The SMILES string of the molecule is O=S(O)CCCc1cncc2ncccc12. The van der Waals surface area contributed by atoms with Crippen LogP contribution < -0.4 is 0 Å². The van der Waals surface area contributed by atoms with Crippen molar-refractivity contribution in [3.05, 3.63) is 36.3 Å². The van der Waals surface area contributed by atoms with Gasteiger partial charge in [0.25, 0.3) is 0 Å². The highest BCUT2D eigenvalue weighted by atomic mass is 32.2. The zero-order chi connectivity index (χ0) is 11.4. The minimum absolute atomic E-state index is 0.302. The Labute approximate surface area is 96.0 Å². The molecule has 16 heavy (non-hydrogen) atoms. The van der Waals surface area contributed by atoms with Gasteiger partial charge in [0.2, 0.25) is 0 Å². The van der Waals surface area contributed by atoms with E-state index < -0.39 is 11.1 Å². The number of hydrogen-bond donors (Lipinski definition) is 1. The molecule has 1 N–H and O–H groups in total. The molecule has 0 bridgehead atoms. The number of hydrogen-bond acceptors (Lipinski definition) is 3. The molecule has 5 heteroatoms. The lowest BCUT2D eigenvalue weighted by atomic mass is 10.1. The molecule has 0 aliphatic heterocycles. The van der Waals surface area contributed by atoms with Gasteiger partial charge < -0.3 is 4.55 Å². The van der Waals surface area contributed by atoms with Crippen molar-refractivity contribution >= 4 is 22.0 Å². The van der Waals surface area contributed by atoms with Crippen LogP contribution in [0.25, 0.3) is 10.9 Å². The number of aromatic nitrogens is 2. The zero-order valence-corrected chi connectivity index (χ0v) is 9.48. The Morgan fingerprint density at radius 2 is 2.25 bits per heavy atom. The first-order chi connectivity index (χ1) is 7.77. The van der Waals surface area contributed by atoms with Gasteiger partial charge in [0.05, 0.1) is 11.7 Å². The topological polar surface area (TPSA) is 63.1 Å². The van der Waals surface area contributed by atoms with E-state index >= 15 is 0 Å².